The maximum Gasteiger partial charge on any atom is 0.251 e. The highest BCUT2D eigenvalue weighted by atomic mass is 19.1. The van der Waals surface area contributed by atoms with Crippen molar-refractivity contribution >= 4 is 11.8 Å². The summed E-state index contributed by atoms with van der Waals surface area (Å²) in [5.74, 6) is 1.46. The largest absolute Gasteiger partial charge is 0.497 e. The molecule has 2 fully saturated rings. The van der Waals surface area contributed by atoms with Gasteiger partial charge in [0.1, 0.15) is 11.6 Å². The third-order valence-electron chi connectivity index (χ3n) is 6.92. The van der Waals surface area contributed by atoms with Gasteiger partial charge in [-0.3, -0.25) is 9.59 Å². The molecule has 0 unspecified atom stereocenters. The normalized spacial score (nSPS) is 24.9. The van der Waals surface area contributed by atoms with Gasteiger partial charge in [-0.1, -0.05) is 19.1 Å². The van der Waals surface area contributed by atoms with E-state index in [4.69, 9.17) is 4.74 Å². The van der Waals surface area contributed by atoms with Crippen LogP contribution >= 0.6 is 0 Å². The third kappa shape index (κ3) is 4.58. The molecule has 6 heteroatoms. The Hall–Kier alpha value is -2.89. The van der Waals surface area contributed by atoms with Crippen molar-refractivity contribution in [3.05, 3.63) is 65.5 Å². The van der Waals surface area contributed by atoms with E-state index in [-0.39, 0.29) is 35.5 Å². The summed E-state index contributed by atoms with van der Waals surface area (Å²) >= 11 is 0. The third-order valence-corrected chi connectivity index (χ3v) is 6.92. The molecule has 2 aromatic carbocycles. The number of methoxy groups -OCH3 is 1. The van der Waals surface area contributed by atoms with Gasteiger partial charge in [-0.2, -0.15) is 0 Å². The molecule has 5 nitrogen and oxygen atoms in total. The van der Waals surface area contributed by atoms with Crippen LogP contribution in [0.25, 0.3) is 0 Å². The topological polar surface area (TPSA) is 58.6 Å². The molecular formula is C25H29FN2O3. The van der Waals surface area contributed by atoms with Gasteiger partial charge in [-0.05, 0) is 72.6 Å². The highest BCUT2D eigenvalue weighted by molar-refractivity contribution is 5.94. The first-order chi connectivity index (χ1) is 15.0. The van der Waals surface area contributed by atoms with Gasteiger partial charge in [-0.15, -0.1) is 0 Å². The molecule has 0 bridgehead atoms. The zero-order chi connectivity index (χ0) is 22.0. The first-order valence-electron chi connectivity index (χ1n) is 10.9. The van der Waals surface area contributed by atoms with Crippen LogP contribution in [0.1, 0.15) is 35.7 Å². The van der Waals surface area contributed by atoms with Gasteiger partial charge in [0.25, 0.3) is 5.91 Å². The number of fused-ring (bicyclic) bond motifs is 1. The van der Waals surface area contributed by atoms with E-state index in [2.05, 4.69) is 12.2 Å². The molecule has 1 aliphatic carbocycles. The first kappa shape index (κ1) is 21.3. The maximum absolute atomic E-state index is 13.1. The lowest BCUT2D eigenvalue weighted by molar-refractivity contribution is -0.129. The Kier molecular flexibility index (Phi) is 6.25. The molecule has 0 aromatic heterocycles. The fourth-order valence-corrected chi connectivity index (χ4v) is 5.19. The number of carbonyl (C=O) groups is 2. The van der Waals surface area contributed by atoms with Crippen LogP contribution in [0.3, 0.4) is 0 Å². The van der Waals surface area contributed by atoms with Crippen molar-refractivity contribution in [2.24, 2.45) is 17.8 Å². The Labute approximate surface area is 182 Å². The second-order valence-corrected chi connectivity index (χ2v) is 8.71. The Morgan fingerprint density at radius 3 is 2.55 bits per heavy atom. The van der Waals surface area contributed by atoms with Crippen molar-refractivity contribution in [1.29, 1.82) is 0 Å². The van der Waals surface area contributed by atoms with Crippen molar-refractivity contribution in [2.45, 2.75) is 32.2 Å². The molecule has 1 N–H and O–H groups in total. The Balaban J connectivity index is 1.35. The number of amides is 2. The predicted molar refractivity (Wildman–Crippen MR) is 116 cm³/mol. The van der Waals surface area contributed by atoms with E-state index in [1.165, 1.54) is 29.8 Å². The minimum Gasteiger partial charge on any atom is -0.497 e. The highest BCUT2D eigenvalue weighted by Crippen LogP contribution is 2.45. The van der Waals surface area contributed by atoms with Crippen LogP contribution in [0.2, 0.25) is 0 Å². The van der Waals surface area contributed by atoms with E-state index in [9.17, 15) is 14.0 Å². The minimum absolute atomic E-state index is 0.198. The standard InChI is InChI=1S/C25H29FN2O3/c1-16-13-23-21(22(16)15-27-25(30)18-5-7-19(26)8-6-18)14-24(29)28(23)12-11-17-3-9-20(31-2)10-4-17/h3-10,16,21-23H,11-15H2,1-2H3,(H,27,30)/t16-,21-,22+,23+/m0/s1. The SMILES string of the molecule is COc1ccc(CCN2C(=O)C[C@H]3[C@H](CNC(=O)c4ccc(F)cc4)[C@@H](C)C[C@H]32)cc1. The van der Waals surface area contributed by atoms with E-state index < -0.39 is 0 Å². The predicted octanol–water partition coefficient (Wildman–Crippen LogP) is 3.68. The van der Waals surface area contributed by atoms with Crippen LogP contribution < -0.4 is 10.1 Å². The molecule has 1 saturated carbocycles. The van der Waals surface area contributed by atoms with E-state index in [1.54, 1.807) is 7.11 Å². The number of nitrogens with one attached hydrogen (secondary N) is 1. The summed E-state index contributed by atoms with van der Waals surface area (Å²) in [7, 11) is 1.65. The van der Waals surface area contributed by atoms with E-state index >= 15 is 0 Å². The molecule has 1 saturated heterocycles. The molecule has 1 heterocycles. The summed E-state index contributed by atoms with van der Waals surface area (Å²) in [6.07, 6.45) is 2.34. The number of ether oxygens (including phenoxy) is 1. The molecule has 4 rings (SSSR count). The van der Waals surface area contributed by atoms with Gasteiger partial charge in [-0.25, -0.2) is 4.39 Å². The first-order valence-corrected chi connectivity index (χ1v) is 10.9. The lowest BCUT2D eigenvalue weighted by atomic mass is 9.88. The monoisotopic (exact) mass is 424 g/mol. The molecule has 1 aliphatic heterocycles. The summed E-state index contributed by atoms with van der Waals surface area (Å²) in [6, 6.07) is 13.8. The number of likely N-dealkylation sites (tertiary alicyclic amines) is 1. The van der Waals surface area contributed by atoms with E-state index in [0.29, 0.717) is 31.0 Å². The summed E-state index contributed by atoms with van der Waals surface area (Å²) in [5.41, 5.74) is 1.64. The van der Waals surface area contributed by atoms with Crippen LogP contribution in [-0.4, -0.2) is 43.0 Å². The van der Waals surface area contributed by atoms with Crippen LogP contribution in [0, 0.1) is 23.6 Å². The zero-order valence-electron chi connectivity index (χ0n) is 18.0. The molecule has 31 heavy (non-hydrogen) atoms. The number of carbonyl (C=O) groups excluding carboxylic acids is 2. The van der Waals surface area contributed by atoms with E-state index in [0.717, 1.165) is 18.6 Å². The zero-order valence-corrected chi connectivity index (χ0v) is 18.0. The number of rotatable bonds is 7. The summed E-state index contributed by atoms with van der Waals surface area (Å²) in [5, 5.41) is 3.00. The maximum atomic E-state index is 13.1. The lowest BCUT2D eigenvalue weighted by Crippen LogP contribution is -2.36. The summed E-state index contributed by atoms with van der Waals surface area (Å²) in [6.45, 7) is 3.46. The Morgan fingerprint density at radius 1 is 1.16 bits per heavy atom. The number of nitrogens with zero attached hydrogens (tertiary/aromatic N) is 1. The second-order valence-electron chi connectivity index (χ2n) is 8.71. The van der Waals surface area contributed by atoms with Crippen molar-refractivity contribution in [3.8, 4) is 5.75 Å². The van der Waals surface area contributed by atoms with Gasteiger partial charge >= 0.3 is 0 Å². The summed E-state index contributed by atoms with van der Waals surface area (Å²) < 4.78 is 18.3. The van der Waals surface area contributed by atoms with Crippen LogP contribution in [0.4, 0.5) is 4.39 Å². The van der Waals surface area contributed by atoms with Gasteiger partial charge in [0.15, 0.2) is 0 Å². The molecule has 4 atom stereocenters. The van der Waals surface area contributed by atoms with Crippen LogP contribution in [0.15, 0.2) is 48.5 Å². The fraction of sp³-hybridized carbons (Fsp3) is 0.440. The van der Waals surface area contributed by atoms with Crippen molar-refractivity contribution in [1.82, 2.24) is 10.2 Å². The smallest absolute Gasteiger partial charge is 0.251 e. The fourth-order valence-electron chi connectivity index (χ4n) is 5.19. The quantitative estimate of drug-likeness (QED) is 0.738. The van der Waals surface area contributed by atoms with Crippen molar-refractivity contribution in [3.63, 3.8) is 0 Å². The molecule has 0 spiro atoms. The summed E-state index contributed by atoms with van der Waals surface area (Å²) in [4.78, 5) is 27.2. The molecular weight excluding hydrogens is 395 g/mol. The lowest BCUT2D eigenvalue weighted by Gasteiger charge is -2.24. The average molecular weight is 425 g/mol. The van der Waals surface area contributed by atoms with Gasteiger partial charge < -0.3 is 15.0 Å². The number of benzene rings is 2. The van der Waals surface area contributed by atoms with Crippen LogP contribution in [0.5, 0.6) is 5.75 Å². The molecule has 2 amide bonds. The van der Waals surface area contributed by atoms with Crippen molar-refractivity contribution in [2.75, 3.05) is 20.2 Å². The Morgan fingerprint density at radius 2 is 1.87 bits per heavy atom. The van der Waals surface area contributed by atoms with E-state index in [1.807, 2.05) is 29.2 Å². The van der Waals surface area contributed by atoms with Gasteiger partial charge in [0.2, 0.25) is 5.91 Å². The Bertz CT molecular complexity index is 929. The molecule has 164 valence electrons. The number of hydrogen-bond donors (Lipinski definition) is 1. The molecule has 2 aliphatic rings. The number of halogens is 1. The second kappa shape index (κ2) is 9.08. The molecule has 2 aromatic rings. The van der Waals surface area contributed by atoms with Gasteiger partial charge in [0, 0.05) is 31.1 Å². The average Bonchev–Trinajstić information content (AvgIpc) is 3.24. The molecule has 0 radical (unpaired) electrons. The minimum atomic E-state index is -0.358. The number of hydrogen-bond acceptors (Lipinski definition) is 3. The van der Waals surface area contributed by atoms with Crippen molar-refractivity contribution < 1.29 is 18.7 Å². The van der Waals surface area contributed by atoms with Gasteiger partial charge in [0.05, 0.1) is 7.11 Å². The highest BCUT2D eigenvalue weighted by Gasteiger charge is 2.50. The van der Waals surface area contributed by atoms with Crippen LogP contribution in [-0.2, 0) is 11.2 Å².